The highest BCUT2D eigenvalue weighted by Gasteiger charge is 2.53. The maximum atomic E-state index is 12.9. The number of anilines is 1. The molecule has 178 valence electrons. The molecule has 6 rings (SSSR count). The zero-order valence-electron chi connectivity index (χ0n) is 19.3. The fourth-order valence-corrected chi connectivity index (χ4v) is 7.39. The average molecular weight is 456 g/mol. The van der Waals surface area contributed by atoms with E-state index in [1.54, 1.807) is 6.07 Å². The van der Waals surface area contributed by atoms with Gasteiger partial charge in [-0.2, -0.15) is 0 Å². The summed E-state index contributed by atoms with van der Waals surface area (Å²) in [6.45, 7) is 3.30. The molecular weight excluding hydrogens is 422 g/mol. The van der Waals surface area contributed by atoms with Crippen LogP contribution in [0.1, 0.15) is 68.6 Å². The molecule has 0 radical (unpaired) electrons. The van der Waals surface area contributed by atoms with Gasteiger partial charge in [0.1, 0.15) is 0 Å². The van der Waals surface area contributed by atoms with Crippen molar-refractivity contribution in [2.45, 2.75) is 64.3 Å². The summed E-state index contributed by atoms with van der Waals surface area (Å²) in [5, 5.41) is 14.3. The van der Waals surface area contributed by atoms with Gasteiger partial charge in [-0.25, -0.2) is 4.79 Å². The number of ether oxygens (including phenoxy) is 1. The molecule has 0 spiro atoms. The summed E-state index contributed by atoms with van der Waals surface area (Å²) in [7, 11) is 0. The topological polar surface area (TPSA) is 102 Å². The molecule has 8 heteroatoms. The molecule has 4 bridgehead atoms. The number of amides is 1. The molecule has 1 heterocycles. The number of hydrogen-bond acceptors (Lipinski definition) is 6. The summed E-state index contributed by atoms with van der Waals surface area (Å²) in [4.78, 5) is 38.3. The summed E-state index contributed by atoms with van der Waals surface area (Å²) in [6, 6.07) is 4.32. The van der Waals surface area contributed by atoms with E-state index in [-0.39, 0.29) is 35.2 Å². The molecule has 1 amide bonds. The highest BCUT2D eigenvalue weighted by atomic mass is 16.6. The van der Waals surface area contributed by atoms with E-state index < -0.39 is 10.9 Å². The molecule has 8 nitrogen and oxygen atoms in total. The third-order valence-corrected chi connectivity index (χ3v) is 8.57. The van der Waals surface area contributed by atoms with Crippen LogP contribution in [-0.4, -0.2) is 42.5 Å². The number of nitrogens with zero attached hydrogens (tertiary/aromatic N) is 2. The molecule has 1 aliphatic heterocycles. The zero-order valence-corrected chi connectivity index (χ0v) is 19.3. The molecular formula is C25H33N3O5. The quantitative estimate of drug-likeness (QED) is 0.378. The molecule has 1 aromatic rings. The number of carbonyl (C=O) groups excluding carboxylic acids is 2. The molecule has 1 N–H and O–H groups in total. The maximum Gasteiger partial charge on any atom is 0.341 e. The molecule has 5 aliphatic rings. The summed E-state index contributed by atoms with van der Waals surface area (Å²) >= 11 is 0. The number of carbonyl (C=O) groups is 2. The number of esters is 1. The molecule has 1 saturated heterocycles. The Bertz CT molecular complexity index is 920. The Hall–Kier alpha value is -2.64. The van der Waals surface area contributed by atoms with Crippen LogP contribution in [0.15, 0.2) is 18.2 Å². The number of rotatable bonds is 7. The van der Waals surface area contributed by atoms with E-state index in [0.717, 1.165) is 43.7 Å². The molecule has 4 aliphatic carbocycles. The van der Waals surface area contributed by atoms with Gasteiger partial charge >= 0.3 is 5.97 Å². The van der Waals surface area contributed by atoms with E-state index >= 15 is 0 Å². The van der Waals surface area contributed by atoms with Gasteiger partial charge in [-0.15, -0.1) is 0 Å². The lowest BCUT2D eigenvalue weighted by Crippen LogP contribution is -2.56. The first-order valence-corrected chi connectivity index (χ1v) is 12.3. The van der Waals surface area contributed by atoms with Crippen molar-refractivity contribution in [2.24, 2.45) is 23.2 Å². The standard InChI is InChI=1S/C25H33N3O5/c1-16(25-12-17-8-18(13-25)10-19(9-17)14-25)26-23(29)15-33-24(30)21-11-20(28(31)32)4-5-22(21)27-6-2-3-7-27/h4-5,11,16-19H,2-3,6-10,12-15H2,1H3,(H,26,29)/t16-,17?,18?,19?,25?/m0/s1. The van der Waals surface area contributed by atoms with Crippen LogP contribution in [0.5, 0.6) is 0 Å². The van der Waals surface area contributed by atoms with Crippen LogP contribution in [0.3, 0.4) is 0 Å². The Morgan fingerprint density at radius 2 is 1.76 bits per heavy atom. The second-order valence-corrected chi connectivity index (χ2v) is 10.8. The zero-order chi connectivity index (χ0) is 23.2. The lowest BCUT2D eigenvalue weighted by Gasteiger charge is -2.59. The van der Waals surface area contributed by atoms with Crippen LogP contribution in [0.25, 0.3) is 0 Å². The van der Waals surface area contributed by atoms with Crippen molar-refractivity contribution >= 4 is 23.3 Å². The smallest absolute Gasteiger partial charge is 0.341 e. The largest absolute Gasteiger partial charge is 0.452 e. The number of nitro groups is 1. The minimum atomic E-state index is -0.696. The molecule has 0 unspecified atom stereocenters. The first-order chi connectivity index (χ1) is 15.8. The summed E-state index contributed by atoms with van der Waals surface area (Å²) < 4.78 is 5.34. The number of nitrogens with one attached hydrogen (secondary N) is 1. The van der Waals surface area contributed by atoms with E-state index in [2.05, 4.69) is 12.2 Å². The summed E-state index contributed by atoms with van der Waals surface area (Å²) in [5.41, 5.74) is 0.792. The Morgan fingerprint density at radius 1 is 1.15 bits per heavy atom. The second kappa shape index (κ2) is 8.61. The minimum absolute atomic E-state index is 0.0510. The van der Waals surface area contributed by atoms with E-state index in [4.69, 9.17) is 4.74 Å². The van der Waals surface area contributed by atoms with Crippen molar-refractivity contribution < 1.29 is 19.2 Å². The Labute approximate surface area is 194 Å². The molecule has 0 aromatic heterocycles. The number of non-ortho nitro benzene ring substituents is 1. The van der Waals surface area contributed by atoms with Crippen molar-refractivity contribution in [3.05, 3.63) is 33.9 Å². The van der Waals surface area contributed by atoms with Crippen LogP contribution < -0.4 is 10.2 Å². The van der Waals surface area contributed by atoms with E-state index in [0.29, 0.717) is 5.69 Å². The van der Waals surface area contributed by atoms with Crippen LogP contribution >= 0.6 is 0 Å². The van der Waals surface area contributed by atoms with Gasteiger partial charge in [0.25, 0.3) is 11.6 Å². The third-order valence-electron chi connectivity index (χ3n) is 8.57. The SMILES string of the molecule is C[C@H](NC(=O)COC(=O)c1cc([N+](=O)[O-])ccc1N1CCCC1)C12CC3CC(CC(C3)C1)C2. The van der Waals surface area contributed by atoms with Crippen LogP contribution in [-0.2, 0) is 9.53 Å². The van der Waals surface area contributed by atoms with Crippen molar-refractivity contribution in [1.29, 1.82) is 0 Å². The predicted octanol–water partition coefficient (Wildman–Crippen LogP) is 4.07. The molecule has 1 atom stereocenters. The lowest BCUT2D eigenvalue weighted by molar-refractivity contribution is -0.384. The number of benzene rings is 1. The molecule has 4 saturated carbocycles. The van der Waals surface area contributed by atoms with Gasteiger partial charge in [-0.05, 0) is 87.5 Å². The van der Waals surface area contributed by atoms with Crippen LogP contribution in [0.4, 0.5) is 11.4 Å². The first-order valence-electron chi connectivity index (χ1n) is 12.3. The van der Waals surface area contributed by atoms with Gasteiger partial charge in [0.15, 0.2) is 6.61 Å². The second-order valence-electron chi connectivity index (χ2n) is 10.8. The average Bonchev–Trinajstić information content (AvgIpc) is 3.31. The van der Waals surface area contributed by atoms with Gasteiger partial charge in [0.05, 0.1) is 16.2 Å². The number of hydrogen-bond donors (Lipinski definition) is 1. The van der Waals surface area contributed by atoms with Gasteiger partial charge < -0.3 is 15.0 Å². The highest BCUT2D eigenvalue weighted by molar-refractivity contribution is 5.97. The van der Waals surface area contributed by atoms with Crippen molar-refractivity contribution in [3.63, 3.8) is 0 Å². The Kier molecular flexibility index (Phi) is 5.79. The highest BCUT2D eigenvalue weighted by Crippen LogP contribution is 2.61. The number of nitro benzene ring substituents is 1. The minimum Gasteiger partial charge on any atom is -0.452 e. The van der Waals surface area contributed by atoms with Gasteiger partial charge in [0.2, 0.25) is 0 Å². The predicted molar refractivity (Wildman–Crippen MR) is 123 cm³/mol. The maximum absolute atomic E-state index is 12.9. The summed E-state index contributed by atoms with van der Waals surface area (Å²) in [5.74, 6) is 1.39. The molecule has 5 fully saturated rings. The fraction of sp³-hybridized carbons (Fsp3) is 0.680. The fourth-order valence-electron chi connectivity index (χ4n) is 7.39. The van der Waals surface area contributed by atoms with Crippen molar-refractivity contribution in [1.82, 2.24) is 5.32 Å². The molecule has 1 aromatic carbocycles. The van der Waals surface area contributed by atoms with E-state index in [9.17, 15) is 19.7 Å². The van der Waals surface area contributed by atoms with E-state index in [1.807, 2.05) is 4.90 Å². The van der Waals surface area contributed by atoms with Gasteiger partial charge in [0, 0.05) is 31.3 Å². The molecule has 33 heavy (non-hydrogen) atoms. The van der Waals surface area contributed by atoms with Crippen molar-refractivity contribution in [3.8, 4) is 0 Å². The third kappa shape index (κ3) is 4.32. The van der Waals surface area contributed by atoms with Gasteiger partial charge in [-0.1, -0.05) is 0 Å². The Balaban J connectivity index is 1.22. The lowest BCUT2D eigenvalue weighted by atomic mass is 9.48. The summed E-state index contributed by atoms with van der Waals surface area (Å²) in [6.07, 6.45) is 9.62. The first kappa shape index (κ1) is 22.2. The van der Waals surface area contributed by atoms with Crippen molar-refractivity contribution in [2.75, 3.05) is 24.6 Å². The van der Waals surface area contributed by atoms with Crippen LogP contribution in [0, 0.1) is 33.3 Å². The normalized spacial score (nSPS) is 30.8. The van der Waals surface area contributed by atoms with Gasteiger partial charge in [-0.3, -0.25) is 14.9 Å². The Morgan fingerprint density at radius 3 is 2.33 bits per heavy atom. The monoisotopic (exact) mass is 455 g/mol. The van der Waals surface area contributed by atoms with Crippen LogP contribution in [0.2, 0.25) is 0 Å². The van der Waals surface area contributed by atoms with E-state index in [1.165, 1.54) is 50.7 Å².